The normalized spacial score (nSPS) is 10.9. The van der Waals surface area contributed by atoms with E-state index in [0.29, 0.717) is 0 Å². The van der Waals surface area contributed by atoms with Gasteiger partial charge in [-0.1, -0.05) is 0 Å². The fraction of sp³-hybridized carbons (Fsp3) is 0.300. The van der Waals surface area contributed by atoms with Crippen molar-refractivity contribution in [3.8, 4) is 5.75 Å². The summed E-state index contributed by atoms with van der Waals surface area (Å²) < 4.78 is 8.29. The molecule has 0 spiro atoms. The van der Waals surface area contributed by atoms with Gasteiger partial charge < -0.3 is 9.30 Å². The Morgan fingerprint density at radius 2 is 2.14 bits per heavy atom. The average Bonchev–Trinajstić information content (AvgIpc) is 2.43. The maximum Gasteiger partial charge on any atom is 0.160 e. The van der Waals surface area contributed by atoms with Gasteiger partial charge in [0, 0.05) is 7.05 Å². The van der Waals surface area contributed by atoms with E-state index in [1.807, 2.05) is 30.7 Å². The summed E-state index contributed by atoms with van der Waals surface area (Å²) >= 11 is 3.44. The maximum absolute atomic E-state index is 5.30. The molecule has 0 N–H and O–H groups in total. The van der Waals surface area contributed by atoms with E-state index in [4.69, 9.17) is 4.74 Å². The Labute approximate surface area is 90.8 Å². The van der Waals surface area contributed by atoms with Gasteiger partial charge in [0.25, 0.3) is 0 Å². The molecule has 2 aromatic rings. The molecule has 4 heteroatoms. The molecule has 0 aliphatic carbocycles. The molecular formula is C10H11BrN2O. The van der Waals surface area contributed by atoms with Crippen molar-refractivity contribution in [2.75, 3.05) is 7.11 Å². The van der Waals surface area contributed by atoms with E-state index >= 15 is 0 Å². The van der Waals surface area contributed by atoms with Crippen LogP contribution in [0.3, 0.4) is 0 Å². The van der Waals surface area contributed by atoms with Gasteiger partial charge in [0.1, 0.15) is 11.3 Å². The van der Waals surface area contributed by atoms with E-state index in [9.17, 15) is 0 Å². The van der Waals surface area contributed by atoms with E-state index in [1.165, 1.54) is 0 Å². The molecule has 0 fully saturated rings. The lowest BCUT2D eigenvalue weighted by Crippen LogP contribution is -1.90. The van der Waals surface area contributed by atoms with Crippen LogP contribution in [0.2, 0.25) is 0 Å². The number of halogens is 1. The van der Waals surface area contributed by atoms with Crippen LogP contribution in [0.25, 0.3) is 11.0 Å². The second-order valence-corrected chi connectivity index (χ2v) is 4.02. The Hall–Kier alpha value is -1.03. The van der Waals surface area contributed by atoms with Gasteiger partial charge in [0.05, 0.1) is 17.1 Å². The summed E-state index contributed by atoms with van der Waals surface area (Å²) in [5.41, 5.74) is 1.99. The molecule has 14 heavy (non-hydrogen) atoms. The van der Waals surface area contributed by atoms with Crippen LogP contribution in [0.5, 0.6) is 5.75 Å². The largest absolute Gasteiger partial charge is 0.493 e. The molecule has 0 unspecified atom stereocenters. The van der Waals surface area contributed by atoms with Crippen LogP contribution in [0.15, 0.2) is 16.6 Å². The summed E-state index contributed by atoms with van der Waals surface area (Å²) in [6, 6.07) is 4.00. The van der Waals surface area contributed by atoms with Gasteiger partial charge in [-0.15, -0.1) is 0 Å². The highest BCUT2D eigenvalue weighted by atomic mass is 79.9. The molecule has 0 aliphatic heterocycles. The number of rotatable bonds is 1. The fourth-order valence-electron chi connectivity index (χ4n) is 1.52. The molecule has 1 heterocycles. The Balaban J connectivity index is 2.88. The van der Waals surface area contributed by atoms with Gasteiger partial charge in [0.2, 0.25) is 0 Å². The number of hydrogen-bond acceptors (Lipinski definition) is 2. The summed E-state index contributed by atoms with van der Waals surface area (Å²) in [6.07, 6.45) is 0. The lowest BCUT2D eigenvalue weighted by Gasteiger charge is -2.03. The quantitative estimate of drug-likeness (QED) is 0.783. The molecule has 0 atom stereocenters. The lowest BCUT2D eigenvalue weighted by atomic mass is 10.3. The van der Waals surface area contributed by atoms with Gasteiger partial charge in [-0.3, -0.25) is 0 Å². The standard InChI is InChI=1S/C10H11BrN2O/c1-6-12-9-8(13(6)2)5-4-7(11)10(9)14-3/h4-5H,1-3H3. The Kier molecular flexibility index (Phi) is 2.23. The van der Waals surface area contributed by atoms with E-state index in [1.54, 1.807) is 7.11 Å². The van der Waals surface area contributed by atoms with E-state index < -0.39 is 0 Å². The summed E-state index contributed by atoms with van der Waals surface area (Å²) in [7, 11) is 3.65. The van der Waals surface area contributed by atoms with Crippen molar-refractivity contribution < 1.29 is 4.74 Å². The predicted molar refractivity (Wildman–Crippen MR) is 59.7 cm³/mol. The number of methoxy groups -OCH3 is 1. The minimum Gasteiger partial charge on any atom is -0.493 e. The molecule has 1 aromatic carbocycles. The van der Waals surface area contributed by atoms with Crippen molar-refractivity contribution >= 4 is 27.0 Å². The zero-order chi connectivity index (χ0) is 10.3. The summed E-state index contributed by atoms with van der Waals surface area (Å²) in [4.78, 5) is 4.45. The lowest BCUT2D eigenvalue weighted by molar-refractivity contribution is 0.416. The monoisotopic (exact) mass is 254 g/mol. The SMILES string of the molecule is COc1c(Br)ccc2c1nc(C)n2C. The van der Waals surface area contributed by atoms with Gasteiger partial charge >= 0.3 is 0 Å². The molecule has 0 amide bonds. The first-order valence-corrected chi connectivity index (χ1v) is 5.10. The molecule has 0 saturated heterocycles. The highest BCUT2D eigenvalue weighted by molar-refractivity contribution is 9.10. The predicted octanol–water partition coefficient (Wildman–Crippen LogP) is 2.65. The Morgan fingerprint density at radius 1 is 1.43 bits per heavy atom. The molecule has 2 rings (SSSR count). The van der Waals surface area contributed by atoms with Crippen molar-refractivity contribution in [1.82, 2.24) is 9.55 Å². The fourth-order valence-corrected chi connectivity index (χ4v) is 2.00. The van der Waals surface area contributed by atoms with Crippen LogP contribution in [-0.2, 0) is 7.05 Å². The number of nitrogens with zero attached hydrogens (tertiary/aromatic N) is 2. The molecule has 74 valence electrons. The van der Waals surface area contributed by atoms with Gasteiger partial charge in [0.15, 0.2) is 5.75 Å². The second kappa shape index (κ2) is 3.28. The zero-order valence-electron chi connectivity index (χ0n) is 8.34. The first kappa shape index (κ1) is 9.52. The van der Waals surface area contributed by atoms with Crippen LogP contribution < -0.4 is 4.74 Å². The van der Waals surface area contributed by atoms with Crippen molar-refractivity contribution in [3.05, 3.63) is 22.4 Å². The summed E-state index contributed by atoms with van der Waals surface area (Å²) in [6.45, 7) is 1.98. The number of benzene rings is 1. The van der Waals surface area contributed by atoms with Crippen LogP contribution in [-0.4, -0.2) is 16.7 Å². The van der Waals surface area contributed by atoms with Crippen LogP contribution in [0, 0.1) is 6.92 Å². The minimum absolute atomic E-state index is 0.797. The molecule has 0 aliphatic rings. The second-order valence-electron chi connectivity index (χ2n) is 3.17. The van der Waals surface area contributed by atoms with Gasteiger partial charge in [-0.05, 0) is 35.0 Å². The molecule has 0 radical (unpaired) electrons. The smallest absolute Gasteiger partial charge is 0.160 e. The number of aromatic nitrogens is 2. The third-order valence-corrected chi connectivity index (χ3v) is 3.01. The first-order chi connectivity index (χ1) is 6.65. The van der Waals surface area contributed by atoms with E-state index in [0.717, 1.165) is 27.1 Å². The van der Waals surface area contributed by atoms with Crippen LogP contribution in [0.1, 0.15) is 5.82 Å². The average molecular weight is 255 g/mol. The Bertz CT molecular complexity index is 490. The number of imidazole rings is 1. The molecule has 1 aromatic heterocycles. The van der Waals surface area contributed by atoms with Crippen molar-refractivity contribution in [1.29, 1.82) is 0 Å². The topological polar surface area (TPSA) is 27.1 Å². The number of ether oxygens (including phenoxy) is 1. The van der Waals surface area contributed by atoms with Gasteiger partial charge in [-0.2, -0.15) is 0 Å². The molecule has 0 saturated carbocycles. The molecule has 0 bridgehead atoms. The highest BCUT2D eigenvalue weighted by Gasteiger charge is 2.11. The zero-order valence-corrected chi connectivity index (χ0v) is 9.92. The Morgan fingerprint density at radius 3 is 2.79 bits per heavy atom. The summed E-state index contributed by atoms with van der Waals surface area (Å²) in [5.74, 6) is 1.78. The third-order valence-electron chi connectivity index (χ3n) is 2.39. The number of hydrogen-bond donors (Lipinski definition) is 0. The van der Waals surface area contributed by atoms with Crippen molar-refractivity contribution in [2.45, 2.75) is 6.92 Å². The van der Waals surface area contributed by atoms with Crippen molar-refractivity contribution in [3.63, 3.8) is 0 Å². The number of aryl methyl sites for hydroxylation is 2. The molecular weight excluding hydrogens is 244 g/mol. The third kappa shape index (κ3) is 1.21. The van der Waals surface area contributed by atoms with Crippen molar-refractivity contribution in [2.24, 2.45) is 7.05 Å². The van der Waals surface area contributed by atoms with E-state index in [2.05, 4.69) is 20.9 Å². The summed E-state index contributed by atoms with van der Waals surface area (Å²) in [5, 5.41) is 0. The van der Waals surface area contributed by atoms with Crippen LogP contribution >= 0.6 is 15.9 Å². The van der Waals surface area contributed by atoms with Gasteiger partial charge in [-0.25, -0.2) is 4.98 Å². The maximum atomic E-state index is 5.30. The molecule has 3 nitrogen and oxygen atoms in total. The minimum atomic E-state index is 0.797. The van der Waals surface area contributed by atoms with Crippen LogP contribution in [0.4, 0.5) is 0 Å². The highest BCUT2D eigenvalue weighted by Crippen LogP contribution is 2.32. The van der Waals surface area contributed by atoms with E-state index in [-0.39, 0.29) is 0 Å². The first-order valence-electron chi connectivity index (χ1n) is 4.30. The number of fused-ring (bicyclic) bond motifs is 1.